The highest BCUT2D eigenvalue weighted by molar-refractivity contribution is 5.79. The number of methoxy groups -OCH3 is 1. The van der Waals surface area contributed by atoms with E-state index < -0.39 is 17.6 Å². The van der Waals surface area contributed by atoms with Gasteiger partial charge in [0.2, 0.25) is 0 Å². The topological polar surface area (TPSA) is 77.5 Å². The average molecular weight is 354 g/mol. The maximum atomic E-state index is 12.5. The van der Waals surface area contributed by atoms with Crippen LogP contribution in [0, 0.1) is 5.92 Å². The van der Waals surface area contributed by atoms with Crippen molar-refractivity contribution in [1.82, 2.24) is 10.3 Å². The summed E-state index contributed by atoms with van der Waals surface area (Å²) in [7, 11) is 1.35. The smallest absolute Gasteiger partial charge is 0.408 e. The highest BCUT2D eigenvalue weighted by Gasteiger charge is 2.52. The molecule has 1 aliphatic rings. The van der Waals surface area contributed by atoms with Crippen molar-refractivity contribution in [1.29, 1.82) is 0 Å². The Kier molecular flexibility index (Phi) is 5.21. The van der Waals surface area contributed by atoms with E-state index in [1.165, 1.54) is 7.11 Å². The zero-order valence-electron chi connectivity index (χ0n) is 14.9. The molecule has 26 heavy (non-hydrogen) atoms. The Labute approximate surface area is 152 Å². The maximum Gasteiger partial charge on any atom is 0.408 e. The first-order chi connectivity index (χ1) is 12.6. The Morgan fingerprint density at radius 2 is 2.00 bits per heavy atom. The Morgan fingerprint density at radius 3 is 2.69 bits per heavy atom. The van der Waals surface area contributed by atoms with Crippen LogP contribution in [0.5, 0.6) is 0 Å². The molecule has 1 aromatic heterocycles. The lowest BCUT2D eigenvalue weighted by Crippen LogP contribution is -2.52. The van der Waals surface area contributed by atoms with E-state index in [0.717, 1.165) is 11.1 Å². The lowest BCUT2D eigenvalue weighted by atomic mass is 9.83. The minimum atomic E-state index is -0.933. The molecular weight excluding hydrogens is 332 g/mol. The summed E-state index contributed by atoms with van der Waals surface area (Å²) >= 11 is 0. The molecular formula is C20H22N2O4. The molecule has 0 saturated heterocycles. The normalized spacial score (nSPS) is 20.9. The van der Waals surface area contributed by atoms with E-state index in [2.05, 4.69) is 10.3 Å². The van der Waals surface area contributed by atoms with E-state index >= 15 is 0 Å². The second-order valence-corrected chi connectivity index (χ2v) is 6.30. The maximum absolute atomic E-state index is 12.5. The average Bonchev–Trinajstić information content (AvgIpc) is 3.01. The number of pyridine rings is 1. The molecule has 1 amide bonds. The molecule has 1 heterocycles. The van der Waals surface area contributed by atoms with Crippen LogP contribution >= 0.6 is 0 Å². The number of aromatic nitrogens is 1. The van der Waals surface area contributed by atoms with Gasteiger partial charge in [-0.15, -0.1) is 0 Å². The third-order valence-electron chi connectivity index (χ3n) is 4.91. The molecule has 3 rings (SSSR count). The minimum Gasteiger partial charge on any atom is -0.469 e. The SMILES string of the molecule is CC[C@]1(NC(=O)OCc2ccccc2)c2ncccc2C[C@H]1C(=O)OC. The Morgan fingerprint density at radius 1 is 1.23 bits per heavy atom. The first-order valence-electron chi connectivity index (χ1n) is 8.61. The number of hydrogen-bond acceptors (Lipinski definition) is 5. The van der Waals surface area contributed by atoms with Crippen LogP contribution in [-0.2, 0) is 32.8 Å². The van der Waals surface area contributed by atoms with Gasteiger partial charge in [-0.25, -0.2) is 4.79 Å². The van der Waals surface area contributed by atoms with E-state index in [0.29, 0.717) is 18.5 Å². The number of carbonyl (C=O) groups excluding carboxylic acids is 2. The molecule has 0 spiro atoms. The summed E-state index contributed by atoms with van der Waals surface area (Å²) in [5, 5.41) is 2.91. The van der Waals surface area contributed by atoms with Crippen molar-refractivity contribution in [2.45, 2.75) is 31.9 Å². The van der Waals surface area contributed by atoms with Gasteiger partial charge in [-0.3, -0.25) is 9.78 Å². The number of nitrogens with zero attached hydrogens (tertiary/aromatic N) is 1. The third-order valence-corrected chi connectivity index (χ3v) is 4.91. The zero-order chi connectivity index (χ0) is 18.6. The number of nitrogens with one attached hydrogen (secondary N) is 1. The summed E-state index contributed by atoms with van der Waals surface area (Å²) in [5.74, 6) is -0.903. The summed E-state index contributed by atoms with van der Waals surface area (Å²) in [5.41, 5.74) is 1.60. The van der Waals surface area contributed by atoms with Crippen molar-refractivity contribution in [3.05, 3.63) is 65.5 Å². The summed E-state index contributed by atoms with van der Waals surface area (Å²) in [4.78, 5) is 29.3. The number of hydrogen-bond donors (Lipinski definition) is 1. The van der Waals surface area contributed by atoms with Gasteiger partial charge in [-0.1, -0.05) is 43.3 Å². The van der Waals surface area contributed by atoms with E-state index in [4.69, 9.17) is 9.47 Å². The van der Waals surface area contributed by atoms with E-state index in [9.17, 15) is 9.59 Å². The predicted molar refractivity (Wildman–Crippen MR) is 95.2 cm³/mol. The molecule has 6 nitrogen and oxygen atoms in total. The fourth-order valence-corrected chi connectivity index (χ4v) is 3.58. The number of alkyl carbamates (subject to hydrolysis) is 1. The molecule has 0 bridgehead atoms. The molecule has 2 aromatic rings. The number of benzene rings is 1. The summed E-state index contributed by atoms with van der Waals surface area (Å²) in [6, 6.07) is 13.2. The van der Waals surface area contributed by atoms with Crippen LogP contribution in [0.1, 0.15) is 30.2 Å². The second-order valence-electron chi connectivity index (χ2n) is 6.30. The molecule has 0 fully saturated rings. The van der Waals surface area contributed by atoms with Gasteiger partial charge in [0.1, 0.15) is 6.61 Å². The highest BCUT2D eigenvalue weighted by Crippen LogP contribution is 2.43. The fourth-order valence-electron chi connectivity index (χ4n) is 3.58. The number of carbonyl (C=O) groups is 2. The number of esters is 1. The molecule has 6 heteroatoms. The van der Waals surface area contributed by atoms with Crippen molar-refractivity contribution in [2.75, 3.05) is 7.11 Å². The summed E-state index contributed by atoms with van der Waals surface area (Å²) in [6.07, 6.45) is 2.06. The largest absolute Gasteiger partial charge is 0.469 e. The minimum absolute atomic E-state index is 0.157. The van der Waals surface area contributed by atoms with Crippen LogP contribution in [0.15, 0.2) is 48.7 Å². The lowest BCUT2D eigenvalue weighted by Gasteiger charge is -2.33. The van der Waals surface area contributed by atoms with Gasteiger partial charge >= 0.3 is 12.1 Å². The van der Waals surface area contributed by atoms with E-state index in [-0.39, 0.29) is 12.6 Å². The third kappa shape index (κ3) is 3.27. The van der Waals surface area contributed by atoms with Crippen LogP contribution < -0.4 is 5.32 Å². The predicted octanol–water partition coefficient (Wildman–Crippen LogP) is 2.96. The van der Waals surface area contributed by atoms with E-state index in [1.807, 2.05) is 49.4 Å². The van der Waals surface area contributed by atoms with Crippen LogP contribution in [0.4, 0.5) is 4.79 Å². The molecule has 1 aromatic carbocycles. The molecule has 1 aliphatic carbocycles. The van der Waals surface area contributed by atoms with Crippen LogP contribution in [0.3, 0.4) is 0 Å². The van der Waals surface area contributed by atoms with Gasteiger partial charge in [0, 0.05) is 6.20 Å². The molecule has 136 valence electrons. The Bertz CT molecular complexity index is 793. The molecule has 0 aliphatic heterocycles. The first-order valence-corrected chi connectivity index (χ1v) is 8.61. The highest BCUT2D eigenvalue weighted by atomic mass is 16.5. The molecule has 0 unspecified atom stereocenters. The number of ether oxygens (including phenoxy) is 2. The molecule has 2 atom stereocenters. The van der Waals surface area contributed by atoms with Crippen molar-refractivity contribution in [3.63, 3.8) is 0 Å². The van der Waals surface area contributed by atoms with Crippen molar-refractivity contribution in [2.24, 2.45) is 5.92 Å². The van der Waals surface area contributed by atoms with Gasteiger partial charge in [0.25, 0.3) is 0 Å². The summed E-state index contributed by atoms with van der Waals surface area (Å²) in [6.45, 7) is 2.07. The van der Waals surface area contributed by atoms with Crippen molar-refractivity contribution in [3.8, 4) is 0 Å². The number of fused-ring (bicyclic) bond motifs is 1. The molecule has 0 radical (unpaired) electrons. The van der Waals surface area contributed by atoms with Crippen LogP contribution in [-0.4, -0.2) is 24.2 Å². The number of amides is 1. The quantitative estimate of drug-likeness (QED) is 0.835. The second kappa shape index (κ2) is 7.56. The standard InChI is InChI=1S/C20H22N2O4/c1-3-20(22-19(24)26-13-14-8-5-4-6-9-14)16(18(23)25-2)12-15-10-7-11-21-17(15)20/h4-11,16H,3,12-13H2,1-2H3,(H,22,24)/t16-,20+/m0/s1. The van der Waals surface area contributed by atoms with Crippen LogP contribution in [0.2, 0.25) is 0 Å². The van der Waals surface area contributed by atoms with Crippen LogP contribution in [0.25, 0.3) is 0 Å². The van der Waals surface area contributed by atoms with Gasteiger partial charge in [-0.2, -0.15) is 0 Å². The van der Waals surface area contributed by atoms with Gasteiger partial charge in [-0.05, 0) is 30.0 Å². The first kappa shape index (κ1) is 17.9. The van der Waals surface area contributed by atoms with Crippen molar-refractivity contribution >= 4 is 12.1 Å². The Hall–Kier alpha value is -2.89. The van der Waals surface area contributed by atoms with Gasteiger partial charge in [0.15, 0.2) is 0 Å². The fraction of sp³-hybridized carbons (Fsp3) is 0.350. The zero-order valence-corrected chi connectivity index (χ0v) is 14.9. The van der Waals surface area contributed by atoms with Gasteiger partial charge in [0.05, 0.1) is 24.3 Å². The molecule has 1 N–H and O–H groups in total. The number of rotatable bonds is 5. The van der Waals surface area contributed by atoms with Crippen molar-refractivity contribution < 1.29 is 19.1 Å². The monoisotopic (exact) mass is 354 g/mol. The van der Waals surface area contributed by atoms with Gasteiger partial charge < -0.3 is 14.8 Å². The summed E-state index contributed by atoms with van der Waals surface area (Å²) < 4.78 is 10.3. The van der Waals surface area contributed by atoms with E-state index in [1.54, 1.807) is 6.20 Å². The lowest BCUT2D eigenvalue weighted by molar-refractivity contribution is -0.148. The molecule has 0 saturated carbocycles. The Balaban J connectivity index is 1.82.